The number of nitrogens with one attached hydrogen (secondary N) is 1. The normalized spacial score (nSPS) is 23.5. The minimum atomic E-state index is -0.927. The van der Waals surface area contributed by atoms with E-state index in [1.165, 1.54) is 7.11 Å². The Bertz CT molecular complexity index is 889. The second-order valence-electron chi connectivity index (χ2n) is 7.05. The van der Waals surface area contributed by atoms with E-state index in [-0.39, 0.29) is 12.4 Å². The number of carbonyl (C=O) groups is 1. The zero-order chi connectivity index (χ0) is 19.5. The minimum absolute atomic E-state index is 0.218. The summed E-state index contributed by atoms with van der Waals surface area (Å²) in [6.45, 7) is 1.90. The molecule has 0 fully saturated rings. The number of fused-ring (bicyclic) bond motifs is 1. The molecule has 27 heavy (non-hydrogen) atoms. The van der Waals surface area contributed by atoms with E-state index in [4.69, 9.17) is 9.47 Å². The standard InChI is InChI=1S/C22H24N2O3/c1-21(15-23)22(13-12-20(25)27-3,17-9-5-7-11-19(17)26-2)14-16-8-4-6-10-18(16)24-21/h4-11,24H,12-14H2,1-3H3. The van der Waals surface area contributed by atoms with Gasteiger partial charge in [-0.3, -0.25) is 4.79 Å². The molecule has 1 aliphatic rings. The van der Waals surface area contributed by atoms with Gasteiger partial charge in [-0.2, -0.15) is 5.26 Å². The van der Waals surface area contributed by atoms with E-state index in [1.807, 2.05) is 49.4 Å². The molecule has 2 aromatic carbocycles. The van der Waals surface area contributed by atoms with Crippen molar-refractivity contribution in [3.63, 3.8) is 0 Å². The Balaban J connectivity index is 2.22. The molecule has 0 radical (unpaired) electrons. The molecule has 2 atom stereocenters. The summed E-state index contributed by atoms with van der Waals surface area (Å²) < 4.78 is 10.5. The fourth-order valence-electron chi connectivity index (χ4n) is 4.12. The third kappa shape index (κ3) is 3.12. The van der Waals surface area contributed by atoms with E-state index in [0.717, 1.165) is 16.8 Å². The largest absolute Gasteiger partial charge is 0.496 e. The van der Waals surface area contributed by atoms with Crippen molar-refractivity contribution < 1.29 is 14.3 Å². The second kappa shape index (κ2) is 7.32. The van der Waals surface area contributed by atoms with Gasteiger partial charge < -0.3 is 14.8 Å². The Kier molecular flexibility index (Phi) is 5.09. The van der Waals surface area contributed by atoms with Crippen LogP contribution in [0, 0.1) is 11.3 Å². The van der Waals surface area contributed by atoms with Crippen LogP contribution in [0.4, 0.5) is 5.69 Å². The number of hydrogen-bond donors (Lipinski definition) is 1. The zero-order valence-electron chi connectivity index (χ0n) is 15.9. The predicted molar refractivity (Wildman–Crippen MR) is 104 cm³/mol. The number of esters is 1. The van der Waals surface area contributed by atoms with Gasteiger partial charge in [-0.25, -0.2) is 0 Å². The molecule has 2 aromatic rings. The monoisotopic (exact) mass is 364 g/mol. The molecule has 1 aliphatic heterocycles. The Hall–Kier alpha value is -3.00. The number of benzene rings is 2. The third-order valence-electron chi connectivity index (χ3n) is 5.68. The van der Waals surface area contributed by atoms with Crippen LogP contribution in [0.25, 0.3) is 0 Å². The molecule has 5 heteroatoms. The maximum absolute atomic E-state index is 12.0. The van der Waals surface area contributed by atoms with Crippen LogP contribution in [0.15, 0.2) is 48.5 Å². The average molecular weight is 364 g/mol. The molecule has 0 aliphatic carbocycles. The molecular formula is C22H24N2O3. The van der Waals surface area contributed by atoms with Crippen LogP contribution in [0.2, 0.25) is 0 Å². The fourth-order valence-corrected chi connectivity index (χ4v) is 4.12. The van der Waals surface area contributed by atoms with Crippen molar-refractivity contribution in [1.29, 1.82) is 5.26 Å². The Morgan fingerprint density at radius 2 is 1.89 bits per heavy atom. The highest BCUT2D eigenvalue weighted by atomic mass is 16.5. The molecule has 0 amide bonds. The summed E-state index contributed by atoms with van der Waals surface area (Å²) >= 11 is 0. The first-order valence-electron chi connectivity index (χ1n) is 8.97. The summed E-state index contributed by atoms with van der Waals surface area (Å²) in [6.07, 6.45) is 1.30. The number of para-hydroxylation sites is 2. The van der Waals surface area contributed by atoms with Crippen molar-refractivity contribution in [2.45, 2.75) is 37.1 Å². The molecule has 1 heterocycles. The Labute approximate surface area is 159 Å². The lowest BCUT2D eigenvalue weighted by molar-refractivity contribution is -0.141. The maximum Gasteiger partial charge on any atom is 0.305 e. The van der Waals surface area contributed by atoms with Crippen LogP contribution in [-0.4, -0.2) is 25.7 Å². The number of nitrogens with zero attached hydrogens (tertiary/aromatic N) is 1. The van der Waals surface area contributed by atoms with Crippen LogP contribution in [0.5, 0.6) is 5.75 Å². The molecule has 1 N–H and O–H groups in total. The maximum atomic E-state index is 12.0. The predicted octanol–water partition coefficient (Wildman–Crippen LogP) is 3.84. The van der Waals surface area contributed by atoms with Gasteiger partial charge in [0.1, 0.15) is 11.3 Å². The number of rotatable bonds is 5. The first kappa shape index (κ1) is 18.8. The Morgan fingerprint density at radius 1 is 1.19 bits per heavy atom. The molecule has 0 spiro atoms. The van der Waals surface area contributed by atoms with Gasteiger partial charge in [0.2, 0.25) is 0 Å². The van der Waals surface area contributed by atoms with Gasteiger partial charge in [-0.1, -0.05) is 36.4 Å². The third-order valence-corrected chi connectivity index (χ3v) is 5.68. The lowest BCUT2D eigenvalue weighted by atomic mass is 9.58. The molecule has 0 aromatic heterocycles. The summed E-state index contributed by atoms with van der Waals surface area (Å²) in [5.41, 5.74) is 1.40. The van der Waals surface area contributed by atoms with Crippen LogP contribution in [0.3, 0.4) is 0 Å². The van der Waals surface area contributed by atoms with E-state index in [0.29, 0.717) is 18.6 Å². The van der Waals surface area contributed by atoms with Crippen LogP contribution in [0.1, 0.15) is 30.9 Å². The van der Waals surface area contributed by atoms with Gasteiger partial charge in [0.25, 0.3) is 0 Å². The van der Waals surface area contributed by atoms with Crippen LogP contribution < -0.4 is 10.1 Å². The first-order valence-corrected chi connectivity index (χ1v) is 8.97. The molecule has 0 saturated heterocycles. The molecular weight excluding hydrogens is 340 g/mol. The molecule has 0 bridgehead atoms. The highest BCUT2D eigenvalue weighted by molar-refractivity contribution is 5.70. The van der Waals surface area contributed by atoms with Crippen molar-refractivity contribution in [2.75, 3.05) is 19.5 Å². The highest BCUT2D eigenvalue weighted by Gasteiger charge is 2.54. The van der Waals surface area contributed by atoms with Gasteiger partial charge in [0.05, 0.1) is 20.3 Å². The van der Waals surface area contributed by atoms with E-state index >= 15 is 0 Å². The van der Waals surface area contributed by atoms with Gasteiger partial charge in [-0.05, 0) is 37.5 Å². The quantitative estimate of drug-likeness (QED) is 0.816. The van der Waals surface area contributed by atoms with Crippen LogP contribution >= 0.6 is 0 Å². The number of carbonyl (C=O) groups excluding carboxylic acids is 1. The van der Waals surface area contributed by atoms with E-state index in [1.54, 1.807) is 7.11 Å². The summed E-state index contributed by atoms with van der Waals surface area (Å²) in [5, 5.41) is 13.6. The lowest BCUT2D eigenvalue weighted by Crippen LogP contribution is -2.58. The summed E-state index contributed by atoms with van der Waals surface area (Å²) in [4.78, 5) is 12.0. The highest BCUT2D eigenvalue weighted by Crippen LogP contribution is 2.51. The molecule has 3 rings (SSSR count). The second-order valence-corrected chi connectivity index (χ2v) is 7.05. The van der Waals surface area contributed by atoms with Crippen molar-refractivity contribution in [3.8, 4) is 11.8 Å². The van der Waals surface area contributed by atoms with Crippen molar-refractivity contribution in [1.82, 2.24) is 0 Å². The van der Waals surface area contributed by atoms with E-state index in [9.17, 15) is 10.1 Å². The van der Waals surface area contributed by atoms with E-state index < -0.39 is 11.0 Å². The van der Waals surface area contributed by atoms with E-state index in [2.05, 4.69) is 17.5 Å². The smallest absolute Gasteiger partial charge is 0.305 e. The Morgan fingerprint density at radius 3 is 2.59 bits per heavy atom. The number of methoxy groups -OCH3 is 2. The van der Waals surface area contributed by atoms with Gasteiger partial charge >= 0.3 is 5.97 Å². The lowest BCUT2D eigenvalue weighted by Gasteiger charge is -2.50. The number of ether oxygens (including phenoxy) is 2. The average Bonchev–Trinajstić information content (AvgIpc) is 2.71. The summed E-state index contributed by atoms with van der Waals surface area (Å²) in [6, 6.07) is 18.2. The topological polar surface area (TPSA) is 71.3 Å². The molecule has 140 valence electrons. The molecule has 2 unspecified atom stereocenters. The number of anilines is 1. The molecule has 0 saturated carbocycles. The van der Waals surface area contributed by atoms with Gasteiger partial charge in [0, 0.05) is 23.1 Å². The zero-order valence-corrected chi connectivity index (χ0v) is 15.9. The molecule has 5 nitrogen and oxygen atoms in total. The first-order chi connectivity index (χ1) is 13.0. The number of nitriles is 1. The SMILES string of the molecule is COC(=O)CCC1(c2ccccc2OC)Cc2ccccc2NC1(C)C#N. The minimum Gasteiger partial charge on any atom is -0.496 e. The summed E-state index contributed by atoms with van der Waals surface area (Å²) in [5.74, 6) is 0.424. The van der Waals surface area contributed by atoms with Crippen molar-refractivity contribution in [2.24, 2.45) is 0 Å². The van der Waals surface area contributed by atoms with Crippen molar-refractivity contribution >= 4 is 11.7 Å². The van der Waals surface area contributed by atoms with Crippen LogP contribution in [-0.2, 0) is 21.4 Å². The van der Waals surface area contributed by atoms with Gasteiger partial charge in [0.15, 0.2) is 0 Å². The fraction of sp³-hybridized carbons (Fsp3) is 0.364. The van der Waals surface area contributed by atoms with Crippen molar-refractivity contribution in [3.05, 3.63) is 59.7 Å². The van der Waals surface area contributed by atoms with Gasteiger partial charge in [-0.15, -0.1) is 0 Å². The number of hydrogen-bond acceptors (Lipinski definition) is 5. The summed E-state index contributed by atoms with van der Waals surface area (Å²) in [7, 11) is 3.01.